The number of aromatic carboxylic acids is 1. The number of nitrogens with zero attached hydrogens (tertiary/aromatic N) is 1. The van der Waals surface area contributed by atoms with Crippen molar-refractivity contribution in [3.05, 3.63) is 53.6 Å². The van der Waals surface area contributed by atoms with Crippen LogP contribution in [0, 0.1) is 0 Å². The summed E-state index contributed by atoms with van der Waals surface area (Å²) in [5.74, 6) is -6.08. The minimum atomic E-state index is -1.67. The van der Waals surface area contributed by atoms with Crippen LogP contribution in [0.2, 0.25) is 0 Å². The Morgan fingerprint density at radius 3 is 2.17 bits per heavy atom. The molecule has 0 radical (unpaired) electrons. The molecule has 0 aliphatic heterocycles. The van der Waals surface area contributed by atoms with Crippen LogP contribution in [-0.2, 0) is 30.3 Å². The van der Waals surface area contributed by atoms with Crippen molar-refractivity contribution in [2.75, 3.05) is 24.6 Å². The van der Waals surface area contributed by atoms with Crippen molar-refractivity contribution in [2.45, 2.75) is 70.9 Å². The fourth-order valence-corrected chi connectivity index (χ4v) is 4.32. The van der Waals surface area contributed by atoms with E-state index in [1.54, 1.807) is 32.9 Å². The first-order valence-electron chi connectivity index (χ1n) is 14.9. The van der Waals surface area contributed by atoms with Crippen LogP contribution in [0.1, 0.15) is 68.8 Å². The quantitative estimate of drug-likeness (QED) is 0.106. The van der Waals surface area contributed by atoms with E-state index >= 15 is 0 Å². The molecule has 0 bridgehead atoms. The molecule has 256 valence electrons. The minimum Gasteiger partial charge on any atom is -0.507 e. The van der Waals surface area contributed by atoms with Gasteiger partial charge in [-0.25, -0.2) is 14.4 Å². The van der Waals surface area contributed by atoms with Crippen molar-refractivity contribution >= 4 is 41.5 Å². The topological polar surface area (TPSA) is 229 Å². The van der Waals surface area contributed by atoms with Gasteiger partial charge in [-0.3, -0.25) is 14.4 Å². The number of nitrogens with one attached hydrogen (secondary N) is 2. The largest absolute Gasteiger partial charge is 0.507 e. The predicted molar refractivity (Wildman–Crippen MR) is 168 cm³/mol. The number of carbonyl (C=O) groups is 6. The number of anilines is 1. The molecule has 0 unspecified atom stereocenters. The minimum absolute atomic E-state index is 0.0113. The average molecular weight is 660 g/mol. The summed E-state index contributed by atoms with van der Waals surface area (Å²) in [7, 11) is 0. The molecular weight excluding hydrogens is 618 g/mol. The van der Waals surface area contributed by atoms with Crippen LogP contribution >= 0.6 is 0 Å². The molecule has 47 heavy (non-hydrogen) atoms. The van der Waals surface area contributed by atoms with Gasteiger partial charge in [-0.05, 0) is 76.3 Å². The number of benzene rings is 2. The molecule has 0 saturated carbocycles. The third-order valence-electron chi connectivity index (χ3n) is 6.49. The highest BCUT2D eigenvalue weighted by Gasteiger charge is 2.26. The Balaban J connectivity index is 2.05. The molecule has 2 aromatic rings. The number of carboxylic acid groups (broad SMARTS) is 3. The zero-order valence-corrected chi connectivity index (χ0v) is 26.5. The zero-order valence-electron chi connectivity index (χ0n) is 26.5. The number of unbranched alkanes of at least 4 members (excludes halogenated alkanes) is 2. The van der Waals surface area contributed by atoms with Gasteiger partial charge in [-0.15, -0.1) is 0 Å². The van der Waals surface area contributed by atoms with Gasteiger partial charge in [0, 0.05) is 31.6 Å². The molecule has 0 aliphatic carbocycles. The number of aromatic hydroxyl groups is 1. The fourth-order valence-electron chi connectivity index (χ4n) is 4.32. The van der Waals surface area contributed by atoms with E-state index in [9.17, 15) is 44.1 Å². The smallest absolute Gasteiger partial charge is 0.408 e. The Hall–Kier alpha value is -5.34. The molecule has 0 spiro atoms. The van der Waals surface area contributed by atoms with Crippen LogP contribution in [-0.4, -0.2) is 87.6 Å². The van der Waals surface area contributed by atoms with Gasteiger partial charge in [-0.2, -0.15) is 0 Å². The van der Waals surface area contributed by atoms with Gasteiger partial charge in [0.25, 0.3) is 0 Å². The highest BCUT2D eigenvalue weighted by atomic mass is 16.6. The molecule has 0 fully saturated rings. The number of ether oxygens (including phenoxy) is 2. The van der Waals surface area contributed by atoms with Gasteiger partial charge in [-0.1, -0.05) is 18.2 Å². The van der Waals surface area contributed by atoms with E-state index < -0.39 is 53.2 Å². The highest BCUT2D eigenvalue weighted by Crippen LogP contribution is 2.27. The number of rotatable bonds is 17. The monoisotopic (exact) mass is 659 g/mol. The number of hydrogen-bond donors (Lipinski definition) is 6. The number of alkyl carbamates (subject to hydrolysis) is 1. The second-order valence-corrected chi connectivity index (χ2v) is 11.5. The average Bonchev–Trinajstić information content (AvgIpc) is 2.97. The predicted octanol–water partition coefficient (Wildman–Crippen LogP) is 3.17. The lowest BCUT2D eigenvalue weighted by molar-refractivity contribution is -0.148. The molecule has 2 aromatic carbocycles. The Kier molecular flexibility index (Phi) is 14.5. The van der Waals surface area contributed by atoms with Crippen LogP contribution in [0.4, 0.5) is 10.5 Å². The number of phenols is 1. The number of carbonyl (C=O) groups excluding carboxylic acids is 3. The SMILES string of the molecule is CC(C)(C)OC(=O)N[C@@H](Cc1ccc(N(CCCCC(=O)O)C(=O)C(=O)O)cc1)C(=O)NCCCCOc1cccc(O)c1C(=O)O. The molecule has 1 atom stereocenters. The molecule has 15 nitrogen and oxygen atoms in total. The lowest BCUT2D eigenvalue weighted by Crippen LogP contribution is -2.49. The zero-order chi connectivity index (χ0) is 35.1. The van der Waals surface area contributed by atoms with Gasteiger partial charge in [0.15, 0.2) is 0 Å². The summed E-state index contributed by atoms with van der Waals surface area (Å²) in [6.45, 7) is 5.32. The Labute approximate surface area is 271 Å². The molecule has 0 aromatic heterocycles. The van der Waals surface area contributed by atoms with Crippen LogP contribution in [0.15, 0.2) is 42.5 Å². The van der Waals surface area contributed by atoms with Crippen molar-refractivity contribution in [1.82, 2.24) is 10.6 Å². The molecule has 6 N–H and O–H groups in total. The van der Waals surface area contributed by atoms with E-state index in [-0.39, 0.29) is 62.4 Å². The molecule has 0 heterocycles. The summed E-state index contributed by atoms with van der Waals surface area (Å²) in [4.78, 5) is 72.6. The van der Waals surface area contributed by atoms with Gasteiger partial charge in [0.05, 0.1) is 6.61 Å². The van der Waals surface area contributed by atoms with E-state index in [0.717, 1.165) is 4.90 Å². The summed E-state index contributed by atoms with van der Waals surface area (Å²) < 4.78 is 10.8. The van der Waals surface area contributed by atoms with E-state index in [1.807, 2.05) is 0 Å². The lowest BCUT2D eigenvalue weighted by atomic mass is 10.0. The molecule has 2 rings (SSSR count). The first-order chi connectivity index (χ1) is 22.1. The maximum atomic E-state index is 13.1. The second kappa shape index (κ2) is 18.0. The van der Waals surface area contributed by atoms with E-state index in [1.165, 1.54) is 30.3 Å². The maximum Gasteiger partial charge on any atom is 0.408 e. The molecular formula is C32H41N3O12. The molecule has 0 saturated heterocycles. The normalized spacial score (nSPS) is 11.6. The lowest BCUT2D eigenvalue weighted by Gasteiger charge is -2.24. The van der Waals surface area contributed by atoms with Gasteiger partial charge in [0.1, 0.15) is 28.7 Å². The van der Waals surface area contributed by atoms with Gasteiger partial charge >= 0.3 is 29.9 Å². The van der Waals surface area contributed by atoms with E-state index in [4.69, 9.17) is 14.6 Å². The number of hydrogen-bond acceptors (Lipinski definition) is 9. The van der Waals surface area contributed by atoms with Crippen LogP contribution in [0.3, 0.4) is 0 Å². The molecule has 15 heteroatoms. The Morgan fingerprint density at radius 2 is 1.57 bits per heavy atom. The van der Waals surface area contributed by atoms with E-state index in [2.05, 4.69) is 10.6 Å². The van der Waals surface area contributed by atoms with Crippen molar-refractivity contribution in [3.63, 3.8) is 0 Å². The van der Waals surface area contributed by atoms with Gasteiger partial charge in [0.2, 0.25) is 5.91 Å². The number of aliphatic carboxylic acids is 2. The second-order valence-electron chi connectivity index (χ2n) is 11.5. The van der Waals surface area contributed by atoms with Crippen molar-refractivity contribution < 1.29 is 58.7 Å². The van der Waals surface area contributed by atoms with Gasteiger partial charge < -0.3 is 45.4 Å². The van der Waals surface area contributed by atoms with Crippen molar-refractivity contribution in [1.29, 1.82) is 0 Å². The van der Waals surface area contributed by atoms with Crippen LogP contribution in [0.25, 0.3) is 0 Å². The number of carboxylic acids is 3. The van der Waals surface area contributed by atoms with Crippen molar-refractivity contribution in [3.8, 4) is 11.5 Å². The standard InChI is InChI=1S/C32H41N3O12/c1-32(2,3)47-31(45)34-22(27(39)33-16-5-7-18-46-24-10-8-9-23(36)26(24)29(41)42)19-20-12-14-21(15-13-20)35(28(40)30(43)44)17-6-4-11-25(37)38/h8-10,12-15,22,36H,4-7,11,16-19H2,1-3H3,(H,33,39)(H,34,45)(H,37,38)(H,41,42)(H,43,44)/t22-/m0/s1. The fraction of sp³-hybridized carbons (Fsp3) is 0.438. The van der Waals surface area contributed by atoms with Crippen molar-refractivity contribution in [2.24, 2.45) is 0 Å². The van der Waals surface area contributed by atoms with E-state index in [0.29, 0.717) is 18.4 Å². The summed E-state index contributed by atoms with van der Waals surface area (Å²) in [6.07, 6.45) is 0.477. The molecule has 3 amide bonds. The third-order valence-corrected chi connectivity index (χ3v) is 6.49. The first-order valence-corrected chi connectivity index (χ1v) is 14.9. The number of amides is 3. The Bertz CT molecular complexity index is 1420. The summed E-state index contributed by atoms with van der Waals surface area (Å²) in [5, 5.41) is 42.5. The summed E-state index contributed by atoms with van der Waals surface area (Å²) in [5.41, 5.74) is -0.331. The third kappa shape index (κ3) is 13.3. The highest BCUT2D eigenvalue weighted by molar-refractivity contribution is 6.37. The molecule has 0 aliphatic rings. The summed E-state index contributed by atoms with van der Waals surface area (Å²) >= 11 is 0. The first kappa shape index (κ1) is 37.8. The van der Waals surface area contributed by atoms with Crippen LogP contribution < -0.4 is 20.3 Å². The summed E-state index contributed by atoms with van der Waals surface area (Å²) in [6, 6.07) is 9.21. The maximum absolute atomic E-state index is 13.1. The Morgan fingerprint density at radius 1 is 0.894 bits per heavy atom. The van der Waals surface area contributed by atoms with Crippen LogP contribution in [0.5, 0.6) is 11.5 Å².